The van der Waals surface area contributed by atoms with Gasteiger partial charge in [-0.1, -0.05) is 18.2 Å². The molecule has 2 aromatic carbocycles. The van der Waals surface area contributed by atoms with Gasteiger partial charge in [0.1, 0.15) is 6.54 Å². The highest BCUT2D eigenvalue weighted by atomic mass is 16.7. The van der Waals surface area contributed by atoms with Gasteiger partial charge in [-0.05, 0) is 24.3 Å². The van der Waals surface area contributed by atoms with Crippen LogP contribution < -0.4 is 20.1 Å². The molecule has 0 saturated carbocycles. The molecule has 0 saturated heterocycles. The van der Waals surface area contributed by atoms with E-state index in [2.05, 4.69) is 0 Å². The number of carbonyl (C=O) groups excluding carboxylic acids is 3. The number of ether oxygens (including phenoxy) is 2. The maximum absolute atomic E-state index is 12.8. The zero-order chi connectivity index (χ0) is 19.2. The number of hydrogen-bond acceptors (Lipinski definition) is 6. The van der Waals surface area contributed by atoms with Crippen molar-refractivity contribution in [1.29, 1.82) is 0 Å². The molecule has 0 unspecified atom stereocenters. The van der Waals surface area contributed by atoms with Crippen LogP contribution in [-0.4, -0.2) is 36.0 Å². The van der Waals surface area contributed by atoms with E-state index in [0.29, 0.717) is 17.2 Å². The van der Waals surface area contributed by atoms with Gasteiger partial charge in [0.25, 0.3) is 5.91 Å². The number of Topliss-reactive ketones (excluding diaryl/α,β-unsaturated/α-hetero) is 1. The molecule has 8 nitrogen and oxygen atoms in total. The minimum absolute atomic E-state index is 0.0743. The summed E-state index contributed by atoms with van der Waals surface area (Å²) in [7, 11) is 0. The fourth-order valence-electron chi connectivity index (χ4n) is 3.39. The molecule has 0 radical (unpaired) electrons. The Bertz CT molecular complexity index is 972. The number of anilines is 1. The van der Waals surface area contributed by atoms with Gasteiger partial charge in [-0.15, -0.1) is 0 Å². The van der Waals surface area contributed by atoms with Crippen LogP contribution in [0.3, 0.4) is 0 Å². The molecular formula is C19H16N2O6. The molecule has 8 heteroatoms. The van der Waals surface area contributed by atoms with Gasteiger partial charge in [-0.25, -0.2) is 0 Å². The van der Waals surface area contributed by atoms with Crippen molar-refractivity contribution in [1.82, 2.24) is 0 Å². The lowest BCUT2D eigenvalue weighted by Crippen LogP contribution is -2.44. The number of hydrogen-bond donors (Lipinski definition) is 2. The molecule has 1 atom stereocenters. The van der Waals surface area contributed by atoms with Gasteiger partial charge in [0, 0.05) is 11.1 Å². The van der Waals surface area contributed by atoms with Gasteiger partial charge in [-0.3, -0.25) is 19.3 Å². The quantitative estimate of drug-likeness (QED) is 0.750. The van der Waals surface area contributed by atoms with E-state index in [1.165, 1.54) is 6.07 Å². The van der Waals surface area contributed by atoms with Crippen molar-refractivity contribution >= 4 is 23.3 Å². The molecule has 0 bridgehead atoms. The Balaban J connectivity index is 1.67. The summed E-state index contributed by atoms with van der Waals surface area (Å²) in [6.07, 6.45) is -0.474. The first-order valence-corrected chi connectivity index (χ1v) is 8.25. The van der Waals surface area contributed by atoms with E-state index in [1.807, 2.05) is 0 Å². The summed E-state index contributed by atoms with van der Waals surface area (Å²) in [5.74, 6) is -0.956. The van der Waals surface area contributed by atoms with Crippen LogP contribution in [0.5, 0.6) is 11.5 Å². The number of carbonyl (C=O) groups is 3. The standard InChI is InChI=1S/C19H16N2O6/c20-17(23)9-21-13-4-2-1-3-12(13)19(25,18(21)24)8-14(22)11-5-6-15-16(7-11)27-10-26-15/h1-7,25H,8-10H2,(H2,20,23)/t19-/m1/s1. The fraction of sp³-hybridized carbons (Fsp3) is 0.211. The maximum Gasteiger partial charge on any atom is 0.264 e. The number of fused-ring (bicyclic) bond motifs is 2. The van der Waals surface area contributed by atoms with Gasteiger partial charge in [0.05, 0.1) is 12.1 Å². The number of nitrogens with zero attached hydrogens (tertiary/aromatic N) is 1. The number of benzene rings is 2. The number of aliphatic hydroxyl groups is 1. The minimum atomic E-state index is -2.07. The molecule has 0 aromatic heterocycles. The molecule has 138 valence electrons. The van der Waals surface area contributed by atoms with Crippen LogP contribution in [-0.2, 0) is 15.2 Å². The summed E-state index contributed by atoms with van der Waals surface area (Å²) in [6, 6.07) is 11.1. The molecule has 0 aliphatic carbocycles. The smallest absolute Gasteiger partial charge is 0.264 e. The molecule has 2 aliphatic heterocycles. The van der Waals surface area contributed by atoms with Crippen LogP contribution in [0, 0.1) is 0 Å². The number of nitrogens with two attached hydrogens (primary N) is 1. The van der Waals surface area contributed by atoms with Gasteiger partial charge in [0.2, 0.25) is 12.7 Å². The van der Waals surface area contributed by atoms with Gasteiger partial charge >= 0.3 is 0 Å². The number of ketones is 1. The zero-order valence-electron chi connectivity index (χ0n) is 14.2. The third-order valence-electron chi connectivity index (χ3n) is 4.66. The monoisotopic (exact) mass is 368 g/mol. The lowest BCUT2D eigenvalue weighted by atomic mass is 9.88. The van der Waals surface area contributed by atoms with Crippen molar-refractivity contribution in [3.05, 3.63) is 53.6 Å². The zero-order valence-corrected chi connectivity index (χ0v) is 14.2. The van der Waals surface area contributed by atoms with Crippen molar-refractivity contribution in [3.63, 3.8) is 0 Å². The van der Waals surface area contributed by atoms with E-state index in [1.54, 1.807) is 36.4 Å². The highest BCUT2D eigenvalue weighted by Crippen LogP contribution is 2.43. The second-order valence-electron chi connectivity index (χ2n) is 6.40. The lowest BCUT2D eigenvalue weighted by Gasteiger charge is -2.22. The van der Waals surface area contributed by atoms with Crippen molar-refractivity contribution < 1.29 is 29.0 Å². The first-order valence-electron chi connectivity index (χ1n) is 8.25. The van der Waals surface area contributed by atoms with Gasteiger partial charge < -0.3 is 20.3 Å². The third kappa shape index (κ3) is 2.70. The van der Waals surface area contributed by atoms with E-state index < -0.39 is 29.6 Å². The first-order chi connectivity index (χ1) is 12.9. The summed E-state index contributed by atoms with van der Waals surface area (Å²) >= 11 is 0. The minimum Gasteiger partial charge on any atom is -0.454 e. The van der Waals surface area contributed by atoms with Crippen LogP contribution in [0.25, 0.3) is 0 Å². The van der Waals surface area contributed by atoms with Crippen LogP contribution in [0.2, 0.25) is 0 Å². The van der Waals surface area contributed by atoms with Crippen molar-refractivity contribution in [2.75, 3.05) is 18.2 Å². The highest BCUT2D eigenvalue weighted by Gasteiger charge is 2.51. The van der Waals surface area contributed by atoms with E-state index in [9.17, 15) is 19.5 Å². The Morgan fingerprint density at radius 3 is 2.67 bits per heavy atom. The Morgan fingerprint density at radius 1 is 1.15 bits per heavy atom. The van der Waals surface area contributed by atoms with Crippen molar-refractivity contribution in [2.45, 2.75) is 12.0 Å². The normalized spacial score (nSPS) is 19.9. The summed E-state index contributed by atoms with van der Waals surface area (Å²) < 4.78 is 10.5. The molecule has 0 spiro atoms. The summed E-state index contributed by atoms with van der Waals surface area (Å²) in [5.41, 5.74) is 4.06. The second kappa shape index (κ2) is 6.10. The van der Waals surface area contributed by atoms with Crippen LogP contribution in [0.4, 0.5) is 5.69 Å². The van der Waals surface area contributed by atoms with Gasteiger partial charge in [-0.2, -0.15) is 0 Å². The Hall–Kier alpha value is -3.39. The first kappa shape index (κ1) is 17.0. The molecule has 2 aromatic rings. The third-order valence-corrected chi connectivity index (χ3v) is 4.66. The predicted molar refractivity (Wildman–Crippen MR) is 93.4 cm³/mol. The Morgan fingerprint density at radius 2 is 1.89 bits per heavy atom. The largest absolute Gasteiger partial charge is 0.454 e. The topological polar surface area (TPSA) is 119 Å². The van der Waals surface area contributed by atoms with E-state index in [4.69, 9.17) is 15.2 Å². The summed E-state index contributed by atoms with van der Waals surface area (Å²) in [6.45, 7) is -0.304. The van der Waals surface area contributed by atoms with Crippen LogP contribution in [0.1, 0.15) is 22.3 Å². The molecule has 2 aliphatic rings. The fourth-order valence-corrected chi connectivity index (χ4v) is 3.39. The number of rotatable bonds is 5. The lowest BCUT2D eigenvalue weighted by molar-refractivity contribution is -0.136. The Labute approximate surface area is 154 Å². The molecule has 4 rings (SSSR count). The highest BCUT2D eigenvalue weighted by molar-refractivity contribution is 6.12. The molecule has 2 amide bonds. The average Bonchev–Trinajstić information content (AvgIpc) is 3.19. The van der Waals surface area contributed by atoms with Crippen molar-refractivity contribution in [3.8, 4) is 11.5 Å². The van der Waals surface area contributed by atoms with E-state index in [-0.39, 0.29) is 24.5 Å². The predicted octanol–water partition coefficient (Wildman–Crippen LogP) is 0.708. The Kier molecular flexibility index (Phi) is 3.85. The number of para-hydroxylation sites is 1. The molecule has 2 heterocycles. The SMILES string of the molecule is NC(=O)CN1C(=O)[C@@](O)(CC(=O)c2ccc3c(c2)OCO3)c2ccccc21. The van der Waals surface area contributed by atoms with Crippen molar-refractivity contribution in [2.24, 2.45) is 5.73 Å². The summed E-state index contributed by atoms with van der Waals surface area (Å²) in [4.78, 5) is 38.0. The van der Waals surface area contributed by atoms with E-state index in [0.717, 1.165) is 4.90 Å². The van der Waals surface area contributed by atoms with Crippen LogP contribution in [0.15, 0.2) is 42.5 Å². The molecule has 0 fully saturated rings. The van der Waals surface area contributed by atoms with Crippen LogP contribution >= 0.6 is 0 Å². The second-order valence-corrected chi connectivity index (χ2v) is 6.40. The number of primary amides is 1. The van der Waals surface area contributed by atoms with E-state index >= 15 is 0 Å². The molecule has 27 heavy (non-hydrogen) atoms. The average molecular weight is 368 g/mol. The summed E-state index contributed by atoms with van der Waals surface area (Å²) in [5, 5.41) is 11.1. The number of amides is 2. The molecule has 3 N–H and O–H groups in total. The molecular weight excluding hydrogens is 352 g/mol. The van der Waals surface area contributed by atoms with Gasteiger partial charge in [0.15, 0.2) is 22.9 Å². The maximum atomic E-state index is 12.8.